The third kappa shape index (κ3) is 5.34. The number of aromatic nitrogens is 1. The summed E-state index contributed by atoms with van der Waals surface area (Å²) in [4.78, 5) is 11.6. The van der Waals surface area contributed by atoms with E-state index < -0.39 is 0 Å². The number of amidine groups is 2. The van der Waals surface area contributed by atoms with Gasteiger partial charge in [-0.15, -0.1) is 11.3 Å². The van der Waals surface area contributed by atoms with E-state index in [2.05, 4.69) is 166 Å². The van der Waals surface area contributed by atoms with Gasteiger partial charge in [0.05, 0.1) is 11.0 Å². The summed E-state index contributed by atoms with van der Waals surface area (Å²) in [5, 5.41) is 13.9. The first-order valence-electron chi connectivity index (χ1n) is 17.6. The molecule has 0 aliphatic carbocycles. The van der Waals surface area contributed by atoms with Crippen LogP contribution >= 0.6 is 11.3 Å². The van der Waals surface area contributed by atoms with Crippen molar-refractivity contribution in [3.05, 3.63) is 180 Å². The molecule has 10 rings (SSSR count). The Morgan fingerprint density at radius 3 is 2.10 bits per heavy atom. The molecule has 7 heteroatoms. The van der Waals surface area contributed by atoms with E-state index in [-0.39, 0.29) is 6.17 Å². The van der Waals surface area contributed by atoms with Gasteiger partial charge in [0.15, 0.2) is 6.17 Å². The molecular formula is C45H34N6S. The van der Waals surface area contributed by atoms with Crippen molar-refractivity contribution in [1.82, 2.24) is 20.5 Å². The Balaban J connectivity index is 1.04. The van der Waals surface area contributed by atoms with Crippen LogP contribution in [0.25, 0.3) is 53.6 Å². The van der Waals surface area contributed by atoms with Crippen LogP contribution in [0.5, 0.6) is 0 Å². The molecule has 52 heavy (non-hydrogen) atoms. The lowest BCUT2D eigenvalue weighted by Gasteiger charge is -2.24. The number of fused-ring (bicyclic) bond motifs is 5. The highest BCUT2D eigenvalue weighted by Crippen LogP contribution is 2.42. The number of dihydropyridines is 2. The molecule has 5 heterocycles. The SMILES string of the molecule is C1=CC(C2=NC(c3ccc(-n4c5ccccc5c5c6sc(-c7ccccc7)cc6ccc54)cc3)N=C(c3ccc(C4=CCNC=C4)cc3)N2)=CCN1. The number of thiophene rings is 1. The van der Waals surface area contributed by atoms with Crippen molar-refractivity contribution in [1.29, 1.82) is 0 Å². The van der Waals surface area contributed by atoms with E-state index in [0.29, 0.717) is 0 Å². The van der Waals surface area contributed by atoms with Crippen molar-refractivity contribution in [2.45, 2.75) is 6.17 Å². The monoisotopic (exact) mass is 690 g/mol. The number of aliphatic imine (C=N–C) groups is 2. The summed E-state index contributed by atoms with van der Waals surface area (Å²) in [6.45, 7) is 1.60. The quantitative estimate of drug-likeness (QED) is 0.163. The zero-order valence-electron chi connectivity index (χ0n) is 28.3. The number of hydrogen-bond donors (Lipinski definition) is 3. The van der Waals surface area contributed by atoms with Crippen LogP contribution in [0.1, 0.15) is 22.9 Å². The van der Waals surface area contributed by atoms with Crippen LogP contribution in [0, 0.1) is 0 Å². The maximum Gasteiger partial charge on any atom is 0.169 e. The molecule has 0 fully saturated rings. The van der Waals surface area contributed by atoms with Crippen LogP contribution in [0.15, 0.2) is 174 Å². The second-order valence-corrected chi connectivity index (χ2v) is 14.2. The lowest BCUT2D eigenvalue weighted by Crippen LogP contribution is -2.37. The molecule has 1 atom stereocenters. The normalized spacial score (nSPS) is 16.9. The van der Waals surface area contributed by atoms with Crippen LogP contribution in [-0.4, -0.2) is 29.3 Å². The molecule has 3 N–H and O–H groups in total. The van der Waals surface area contributed by atoms with Gasteiger partial charge in [-0.1, -0.05) is 103 Å². The first-order chi connectivity index (χ1) is 25.8. The summed E-state index contributed by atoms with van der Waals surface area (Å²) in [5.74, 6) is 1.63. The van der Waals surface area contributed by atoms with E-state index in [9.17, 15) is 0 Å². The van der Waals surface area contributed by atoms with Crippen molar-refractivity contribution < 1.29 is 0 Å². The Kier molecular flexibility index (Phi) is 7.43. The molecule has 2 aromatic heterocycles. The highest BCUT2D eigenvalue weighted by molar-refractivity contribution is 7.23. The Hall–Kier alpha value is -6.44. The Morgan fingerprint density at radius 2 is 1.33 bits per heavy atom. The van der Waals surface area contributed by atoms with Crippen LogP contribution in [0.3, 0.4) is 0 Å². The van der Waals surface area contributed by atoms with E-state index in [0.717, 1.165) is 47.1 Å². The van der Waals surface area contributed by atoms with Gasteiger partial charge in [0.25, 0.3) is 0 Å². The van der Waals surface area contributed by atoms with Crippen molar-refractivity contribution in [3.8, 4) is 16.1 Å². The molecule has 0 bridgehead atoms. The molecule has 250 valence electrons. The maximum atomic E-state index is 5.17. The predicted molar refractivity (Wildman–Crippen MR) is 218 cm³/mol. The molecule has 3 aliphatic heterocycles. The van der Waals surface area contributed by atoms with Gasteiger partial charge in [-0.3, -0.25) is 0 Å². The van der Waals surface area contributed by atoms with Crippen LogP contribution in [0.4, 0.5) is 0 Å². The van der Waals surface area contributed by atoms with Crippen molar-refractivity contribution in [3.63, 3.8) is 0 Å². The highest BCUT2D eigenvalue weighted by Gasteiger charge is 2.23. The fraction of sp³-hybridized carbons (Fsp3) is 0.0667. The number of benzene rings is 5. The number of hydrogen-bond acceptors (Lipinski definition) is 6. The zero-order chi connectivity index (χ0) is 34.4. The molecule has 0 radical (unpaired) electrons. The Labute approximate surface area is 305 Å². The summed E-state index contributed by atoms with van der Waals surface area (Å²) in [6, 6.07) is 43.7. The average molecular weight is 691 g/mol. The van der Waals surface area contributed by atoms with E-state index in [4.69, 9.17) is 9.98 Å². The van der Waals surface area contributed by atoms with Crippen molar-refractivity contribution >= 4 is 60.5 Å². The largest absolute Gasteiger partial charge is 0.387 e. The minimum atomic E-state index is -0.389. The van der Waals surface area contributed by atoms with Gasteiger partial charge in [0.1, 0.15) is 11.7 Å². The highest BCUT2D eigenvalue weighted by atomic mass is 32.1. The molecule has 3 aliphatic rings. The second-order valence-electron chi connectivity index (χ2n) is 13.1. The number of nitrogens with one attached hydrogen (secondary N) is 3. The molecule has 0 saturated heterocycles. The predicted octanol–water partition coefficient (Wildman–Crippen LogP) is 9.66. The molecular weight excluding hydrogens is 657 g/mol. The zero-order valence-corrected chi connectivity index (χ0v) is 29.1. The molecule has 1 unspecified atom stereocenters. The Morgan fingerprint density at radius 1 is 0.615 bits per heavy atom. The first kappa shape index (κ1) is 30.4. The lowest BCUT2D eigenvalue weighted by atomic mass is 10.0. The van der Waals surface area contributed by atoms with E-state index in [1.165, 1.54) is 53.5 Å². The topological polar surface area (TPSA) is 65.7 Å². The lowest BCUT2D eigenvalue weighted by molar-refractivity contribution is 0.755. The molecule has 0 spiro atoms. The standard InChI is InChI=1S/C45H34N6S/c1-2-6-31(7-3-1)40-28-35-16-19-39-41(42(35)52-40)37-8-4-5-9-38(37)51(39)36-17-14-33(15-18-36)44-48-43(49-45(50-44)34-22-26-47-27-23-34)32-12-10-29(11-13-32)30-20-24-46-25-21-30/h1-24,26,28,44,46-47H,25,27H2,(H,48,49,50). The molecule has 6 nitrogen and oxygen atoms in total. The number of para-hydroxylation sites is 1. The summed E-state index contributed by atoms with van der Waals surface area (Å²) >= 11 is 1.87. The minimum Gasteiger partial charge on any atom is -0.387 e. The molecule has 0 amide bonds. The fourth-order valence-electron chi connectivity index (χ4n) is 7.38. The van der Waals surface area contributed by atoms with Gasteiger partial charge in [-0.05, 0) is 82.5 Å². The van der Waals surface area contributed by atoms with Gasteiger partial charge < -0.3 is 20.5 Å². The molecule has 7 aromatic rings. The summed E-state index contributed by atoms with van der Waals surface area (Å²) < 4.78 is 3.71. The second kappa shape index (κ2) is 12.7. The van der Waals surface area contributed by atoms with Crippen molar-refractivity contribution in [2.24, 2.45) is 9.98 Å². The fourth-order valence-corrected chi connectivity index (χ4v) is 8.60. The van der Waals surface area contributed by atoms with Crippen LogP contribution in [0.2, 0.25) is 0 Å². The minimum absolute atomic E-state index is 0.389. The molecule has 0 saturated carbocycles. The number of rotatable bonds is 6. The number of allylic oxidation sites excluding steroid dienone is 2. The van der Waals surface area contributed by atoms with E-state index in [1.54, 1.807) is 0 Å². The van der Waals surface area contributed by atoms with Gasteiger partial charge >= 0.3 is 0 Å². The van der Waals surface area contributed by atoms with Crippen LogP contribution < -0.4 is 16.0 Å². The van der Waals surface area contributed by atoms with E-state index in [1.807, 2.05) is 23.7 Å². The third-order valence-corrected chi connectivity index (χ3v) is 11.2. The van der Waals surface area contributed by atoms with E-state index >= 15 is 0 Å². The first-order valence-corrected chi connectivity index (χ1v) is 18.4. The maximum absolute atomic E-state index is 5.17. The number of nitrogens with zero attached hydrogens (tertiary/aromatic N) is 3. The van der Waals surface area contributed by atoms with Crippen molar-refractivity contribution in [2.75, 3.05) is 13.1 Å². The smallest absolute Gasteiger partial charge is 0.169 e. The van der Waals surface area contributed by atoms with Gasteiger partial charge in [0, 0.05) is 50.3 Å². The average Bonchev–Trinajstić information content (AvgIpc) is 3.82. The van der Waals surface area contributed by atoms with Gasteiger partial charge in [0.2, 0.25) is 0 Å². The van der Waals surface area contributed by atoms with Gasteiger partial charge in [-0.2, -0.15) is 0 Å². The molecule has 5 aromatic carbocycles. The summed E-state index contributed by atoms with van der Waals surface area (Å²) in [5.41, 5.74) is 10.3. The summed E-state index contributed by atoms with van der Waals surface area (Å²) in [6.07, 6.45) is 12.1. The third-order valence-electron chi connectivity index (χ3n) is 9.97. The summed E-state index contributed by atoms with van der Waals surface area (Å²) in [7, 11) is 0. The van der Waals surface area contributed by atoms with Crippen LogP contribution in [-0.2, 0) is 0 Å². The Bertz CT molecular complexity index is 2690. The van der Waals surface area contributed by atoms with Gasteiger partial charge in [-0.25, -0.2) is 9.98 Å².